The molecule has 1 heterocycles. The highest BCUT2D eigenvalue weighted by atomic mass is 16.5. The molecule has 4 rings (SSSR count). The summed E-state index contributed by atoms with van der Waals surface area (Å²) in [5, 5.41) is 12.8. The number of hydrogen-bond donors (Lipinski definition) is 2. The molecular weight excluding hydrogens is 456 g/mol. The van der Waals surface area contributed by atoms with Crippen molar-refractivity contribution in [1.29, 1.82) is 0 Å². The van der Waals surface area contributed by atoms with Gasteiger partial charge >= 0.3 is 0 Å². The highest BCUT2D eigenvalue weighted by molar-refractivity contribution is 6.02. The number of rotatable bonds is 9. The molecule has 0 atom stereocenters. The molecule has 7 nitrogen and oxygen atoms in total. The van der Waals surface area contributed by atoms with E-state index < -0.39 is 0 Å². The summed E-state index contributed by atoms with van der Waals surface area (Å²) < 4.78 is 17.4. The zero-order valence-corrected chi connectivity index (χ0v) is 20.6. The summed E-state index contributed by atoms with van der Waals surface area (Å²) in [4.78, 5) is 14.9. The van der Waals surface area contributed by atoms with Crippen molar-refractivity contribution < 1.29 is 24.1 Å². The van der Waals surface area contributed by atoms with E-state index in [-0.39, 0.29) is 24.4 Å². The lowest BCUT2D eigenvalue weighted by Crippen LogP contribution is -2.35. The largest absolute Gasteiger partial charge is 0.504 e. The Kier molecular flexibility index (Phi) is 8.47. The molecule has 0 saturated carbocycles. The summed E-state index contributed by atoms with van der Waals surface area (Å²) in [6.07, 6.45) is 5.21. The first kappa shape index (κ1) is 25.1. The van der Waals surface area contributed by atoms with E-state index in [2.05, 4.69) is 17.3 Å². The van der Waals surface area contributed by atoms with Crippen LogP contribution >= 0.6 is 0 Å². The number of piperidine rings is 1. The van der Waals surface area contributed by atoms with Crippen LogP contribution in [-0.4, -0.2) is 49.3 Å². The fraction of sp³-hybridized carbons (Fsp3) is 0.276. The number of hydrogen-bond acceptors (Lipinski definition) is 6. The third kappa shape index (κ3) is 6.79. The molecular formula is C29H32N2O5. The Morgan fingerprint density at radius 2 is 1.75 bits per heavy atom. The molecule has 0 aromatic heterocycles. The van der Waals surface area contributed by atoms with Gasteiger partial charge in [0.25, 0.3) is 0 Å². The quantitative estimate of drug-likeness (QED) is 0.408. The zero-order valence-electron chi connectivity index (χ0n) is 20.6. The van der Waals surface area contributed by atoms with Crippen LogP contribution in [0.1, 0.15) is 24.0 Å². The molecule has 0 aliphatic carbocycles. The molecule has 1 amide bonds. The highest BCUT2D eigenvalue weighted by Crippen LogP contribution is 2.31. The SMILES string of the molecule is COc1ccc(/C=C/C(=O)Nc2ccccc2COc2ccccc2OC2CCN(C)CC2)cc1O. The van der Waals surface area contributed by atoms with Crippen molar-refractivity contribution >= 4 is 17.7 Å². The zero-order chi connectivity index (χ0) is 25.3. The average molecular weight is 489 g/mol. The van der Waals surface area contributed by atoms with Crippen LogP contribution in [0.2, 0.25) is 0 Å². The topological polar surface area (TPSA) is 80.3 Å². The molecule has 3 aromatic rings. The van der Waals surface area contributed by atoms with E-state index >= 15 is 0 Å². The molecule has 0 spiro atoms. The average Bonchev–Trinajstić information content (AvgIpc) is 2.89. The van der Waals surface area contributed by atoms with E-state index in [1.54, 1.807) is 18.2 Å². The summed E-state index contributed by atoms with van der Waals surface area (Å²) in [6.45, 7) is 2.32. The third-order valence-corrected chi connectivity index (χ3v) is 6.10. The molecule has 1 aliphatic rings. The van der Waals surface area contributed by atoms with Gasteiger partial charge in [0.2, 0.25) is 5.91 Å². The minimum Gasteiger partial charge on any atom is -0.504 e. The van der Waals surface area contributed by atoms with Gasteiger partial charge in [0, 0.05) is 30.4 Å². The van der Waals surface area contributed by atoms with E-state index in [0.717, 1.165) is 37.2 Å². The number of nitrogens with zero attached hydrogens (tertiary/aromatic N) is 1. The number of para-hydroxylation sites is 3. The van der Waals surface area contributed by atoms with Crippen LogP contribution < -0.4 is 19.5 Å². The summed E-state index contributed by atoms with van der Waals surface area (Å²) in [6, 6.07) is 20.2. The fourth-order valence-corrected chi connectivity index (χ4v) is 4.03. The second kappa shape index (κ2) is 12.1. The molecule has 1 saturated heterocycles. The van der Waals surface area contributed by atoms with E-state index in [1.807, 2.05) is 48.5 Å². The summed E-state index contributed by atoms with van der Waals surface area (Å²) in [7, 11) is 3.61. The van der Waals surface area contributed by atoms with Gasteiger partial charge in [-0.1, -0.05) is 36.4 Å². The van der Waals surface area contributed by atoms with Crippen LogP contribution in [0.25, 0.3) is 6.08 Å². The Morgan fingerprint density at radius 3 is 2.50 bits per heavy atom. The molecule has 3 aromatic carbocycles. The number of amides is 1. The van der Waals surface area contributed by atoms with Crippen molar-refractivity contribution in [3.05, 3.63) is 83.9 Å². The van der Waals surface area contributed by atoms with Crippen molar-refractivity contribution in [3.63, 3.8) is 0 Å². The van der Waals surface area contributed by atoms with Crippen LogP contribution in [0.3, 0.4) is 0 Å². The van der Waals surface area contributed by atoms with Gasteiger partial charge in [0.15, 0.2) is 23.0 Å². The van der Waals surface area contributed by atoms with Gasteiger partial charge in [0.1, 0.15) is 12.7 Å². The first-order valence-electron chi connectivity index (χ1n) is 12.0. The standard InChI is InChI=1S/C29H32N2O5/c1-31-17-15-23(16-18-31)36-28-10-6-5-9-27(28)35-20-22-7-3-4-8-24(22)30-29(33)14-12-21-11-13-26(34-2)25(32)19-21/h3-14,19,23,32H,15-18,20H2,1-2H3,(H,30,33)/b14-12+. The number of phenolic OH excluding ortho intramolecular Hbond substituents is 1. The number of anilines is 1. The van der Waals surface area contributed by atoms with Crippen molar-refractivity contribution in [2.45, 2.75) is 25.6 Å². The first-order chi connectivity index (χ1) is 17.5. The highest BCUT2D eigenvalue weighted by Gasteiger charge is 2.19. The van der Waals surface area contributed by atoms with E-state index in [1.165, 1.54) is 19.3 Å². The van der Waals surface area contributed by atoms with Crippen molar-refractivity contribution in [2.75, 3.05) is 32.6 Å². The lowest BCUT2D eigenvalue weighted by Gasteiger charge is -2.29. The number of nitrogens with one attached hydrogen (secondary N) is 1. The first-order valence-corrected chi connectivity index (χ1v) is 12.0. The smallest absolute Gasteiger partial charge is 0.248 e. The van der Waals surface area contributed by atoms with Gasteiger partial charge < -0.3 is 29.5 Å². The third-order valence-electron chi connectivity index (χ3n) is 6.10. The van der Waals surface area contributed by atoms with Crippen LogP contribution in [0.4, 0.5) is 5.69 Å². The van der Waals surface area contributed by atoms with Crippen molar-refractivity contribution in [3.8, 4) is 23.0 Å². The number of aromatic hydroxyl groups is 1. The van der Waals surface area contributed by atoms with Crippen molar-refractivity contribution in [2.24, 2.45) is 0 Å². The van der Waals surface area contributed by atoms with Gasteiger partial charge in [-0.2, -0.15) is 0 Å². The van der Waals surface area contributed by atoms with E-state index in [9.17, 15) is 9.90 Å². The Balaban J connectivity index is 1.38. The summed E-state index contributed by atoms with van der Waals surface area (Å²) in [5.41, 5.74) is 2.19. The van der Waals surface area contributed by atoms with E-state index in [0.29, 0.717) is 22.7 Å². The molecule has 0 unspecified atom stereocenters. The molecule has 2 N–H and O–H groups in total. The number of phenols is 1. The number of ether oxygens (including phenoxy) is 3. The maximum absolute atomic E-state index is 12.6. The Labute approximate surface area is 211 Å². The lowest BCUT2D eigenvalue weighted by molar-refractivity contribution is -0.111. The monoisotopic (exact) mass is 488 g/mol. The van der Waals surface area contributed by atoms with Crippen LogP contribution in [0.15, 0.2) is 72.8 Å². The molecule has 0 radical (unpaired) electrons. The van der Waals surface area contributed by atoms with Gasteiger partial charge in [-0.15, -0.1) is 0 Å². The number of carbonyl (C=O) groups excluding carboxylic acids is 1. The Bertz CT molecular complexity index is 1200. The van der Waals surface area contributed by atoms with E-state index in [4.69, 9.17) is 14.2 Å². The van der Waals surface area contributed by atoms with Crippen LogP contribution in [-0.2, 0) is 11.4 Å². The molecule has 0 bridgehead atoms. The normalized spacial score (nSPS) is 14.5. The molecule has 36 heavy (non-hydrogen) atoms. The molecule has 1 fully saturated rings. The molecule has 1 aliphatic heterocycles. The van der Waals surface area contributed by atoms with Crippen LogP contribution in [0, 0.1) is 0 Å². The molecule has 7 heteroatoms. The van der Waals surface area contributed by atoms with Crippen molar-refractivity contribution in [1.82, 2.24) is 4.90 Å². The fourth-order valence-electron chi connectivity index (χ4n) is 4.03. The predicted molar refractivity (Wildman–Crippen MR) is 141 cm³/mol. The number of methoxy groups -OCH3 is 1. The maximum Gasteiger partial charge on any atom is 0.248 e. The number of benzene rings is 3. The second-order valence-corrected chi connectivity index (χ2v) is 8.77. The molecule has 188 valence electrons. The lowest BCUT2D eigenvalue weighted by atomic mass is 10.1. The van der Waals surface area contributed by atoms with Crippen LogP contribution in [0.5, 0.6) is 23.0 Å². The number of likely N-dealkylation sites (tertiary alicyclic amines) is 1. The Hall–Kier alpha value is -3.97. The van der Waals surface area contributed by atoms with Gasteiger partial charge in [0.05, 0.1) is 7.11 Å². The maximum atomic E-state index is 12.6. The number of carbonyl (C=O) groups is 1. The second-order valence-electron chi connectivity index (χ2n) is 8.77. The van der Waals surface area contributed by atoms with Gasteiger partial charge in [-0.05, 0) is 61.9 Å². The minimum atomic E-state index is -0.288. The minimum absolute atomic E-state index is 0.0163. The Morgan fingerprint density at radius 1 is 1.03 bits per heavy atom. The summed E-state index contributed by atoms with van der Waals surface area (Å²) in [5.74, 6) is 1.52. The summed E-state index contributed by atoms with van der Waals surface area (Å²) >= 11 is 0. The van der Waals surface area contributed by atoms with Gasteiger partial charge in [-0.3, -0.25) is 4.79 Å². The predicted octanol–water partition coefficient (Wildman–Crippen LogP) is 5.10. The van der Waals surface area contributed by atoms with Gasteiger partial charge in [-0.25, -0.2) is 0 Å².